The fourth-order valence-electron chi connectivity index (χ4n) is 5.58. The van der Waals surface area contributed by atoms with Crippen molar-refractivity contribution in [3.05, 3.63) is 89.6 Å². The molecule has 7 heteroatoms. The van der Waals surface area contributed by atoms with Crippen LogP contribution in [0.5, 0.6) is 0 Å². The number of alkyl halides is 3. The van der Waals surface area contributed by atoms with Gasteiger partial charge in [-0.2, -0.15) is 13.2 Å². The lowest BCUT2D eigenvalue weighted by molar-refractivity contribution is -0.142. The van der Waals surface area contributed by atoms with Crippen LogP contribution in [0.25, 0.3) is 11.3 Å². The normalized spacial score (nSPS) is 19.2. The topological polar surface area (TPSA) is 42.4 Å². The van der Waals surface area contributed by atoms with E-state index in [9.17, 15) is 18.0 Å². The summed E-state index contributed by atoms with van der Waals surface area (Å²) in [5.74, 6) is 0.376. The van der Waals surface area contributed by atoms with Crippen LogP contribution in [-0.4, -0.2) is 29.5 Å². The van der Waals surface area contributed by atoms with Gasteiger partial charge in [-0.05, 0) is 79.5 Å². The number of carbonyl (C=O) groups excluding carboxylic acids is 1. The van der Waals surface area contributed by atoms with E-state index in [4.69, 9.17) is 4.74 Å². The molecule has 3 aromatic rings. The van der Waals surface area contributed by atoms with Crippen LogP contribution in [0.4, 0.5) is 13.2 Å². The Labute approximate surface area is 229 Å². The standard InChI is InChI=1S/C32H37F3N2O2/c1-22(2)7-16-29(25-10-8-24(9-11-25)28-6-4-5-18-36-28)37-19-17-23(21-31(38)39-3)20-30(37)26-12-14-27(15-13-26)32(33,34)35/h4-6,8-15,18,22-23,29-30H,7,16-17,19-21H2,1-3H3/t23-,29-,30+/m0/s1. The van der Waals surface area contributed by atoms with E-state index in [0.717, 1.165) is 42.6 Å². The minimum Gasteiger partial charge on any atom is -0.469 e. The quantitative estimate of drug-likeness (QED) is 0.257. The van der Waals surface area contributed by atoms with Crippen LogP contribution in [0.2, 0.25) is 0 Å². The summed E-state index contributed by atoms with van der Waals surface area (Å²) >= 11 is 0. The number of esters is 1. The maximum Gasteiger partial charge on any atom is 0.416 e. The van der Waals surface area contributed by atoms with Crippen molar-refractivity contribution in [2.24, 2.45) is 11.8 Å². The van der Waals surface area contributed by atoms with Crippen molar-refractivity contribution >= 4 is 5.97 Å². The first kappa shape index (κ1) is 28.8. The zero-order valence-corrected chi connectivity index (χ0v) is 22.8. The number of hydrogen-bond acceptors (Lipinski definition) is 4. The van der Waals surface area contributed by atoms with Gasteiger partial charge in [0.15, 0.2) is 0 Å². The predicted octanol–water partition coefficient (Wildman–Crippen LogP) is 8.26. The number of hydrogen-bond donors (Lipinski definition) is 0. The summed E-state index contributed by atoms with van der Waals surface area (Å²) in [5, 5.41) is 0. The van der Waals surface area contributed by atoms with E-state index < -0.39 is 11.7 Å². The summed E-state index contributed by atoms with van der Waals surface area (Å²) in [6.07, 6.45) is 1.18. The monoisotopic (exact) mass is 538 g/mol. The van der Waals surface area contributed by atoms with Gasteiger partial charge in [-0.1, -0.05) is 56.3 Å². The Hall–Kier alpha value is -3.19. The Morgan fingerprint density at radius 3 is 2.33 bits per heavy atom. The third-order valence-corrected chi connectivity index (χ3v) is 7.73. The molecule has 2 heterocycles. The van der Waals surface area contributed by atoms with Gasteiger partial charge in [0, 0.05) is 30.3 Å². The van der Waals surface area contributed by atoms with E-state index in [2.05, 4.69) is 48.0 Å². The Bertz CT molecular complexity index is 1190. The zero-order chi connectivity index (χ0) is 28.0. The Balaban J connectivity index is 1.67. The highest BCUT2D eigenvalue weighted by Gasteiger charge is 2.36. The smallest absolute Gasteiger partial charge is 0.416 e. The number of methoxy groups -OCH3 is 1. The summed E-state index contributed by atoms with van der Waals surface area (Å²) in [7, 11) is 1.39. The van der Waals surface area contributed by atoms with Crippen molar-refractivity contribution in [2.45, 2.75) is 64.2 Å². The number of benzene rings is 2. The molecule has 3 atom stereocenters. The molecule has 0 radical (unpaired) electrons. The molecule has 0 amide bonds. The number of pyridine rings is 1. The number of aromatic nitrogens is 1. The predicted molar refractivity (Wildman–Crippen MR) is 147 cm³/mol. The fraction of sp³-hybridized carbons (Fsp3) is 0.438. The van der Waals surface area contributed by atoms with Crippen molar-refractivity contribution in [1.82, 2.24) is 9.88 Å². The van der Waals surface area contributed by atoms with Gasteiger partial charge in [-0.25, -0.2) is 0 Å². The SMILES string of the molecule is COC(=O)C[C@H]1CCN([C@@H](CCC(C)C)c2ccc(-c3ccccn3)cc2)[C@@H](c2ccc(C(F)(F)F)cc2)C1. The number of nitrogens with zero attached hydrogens (tertiary/aromatic N) is 2. The van der Waals surface area contributed by atoms with Gasteiger partial charge in [0.05, 0.1) is 18.4 Å². The van der Waals surface area contributed by atoms with E-state index in [1.807, 2.05) is 18.2 Å². The first-order chi connectivity index (χ1) is 18.7. The maximum absolute atomic E-state index is 13.3. The first-order valence-electron chi connectivity index (χ1n) is 13.7. The van der Waals surface area contributed by atoms with E-state index >= 15 is 0 Å². The van der Waals surface area contributed by atoms with Gasteiger partial charge < -0.3 is 4.74 Å². The second-order valence-electron chi connectivity index (χ2n) is 10.9. The van der Waals surface area contributed by atoms with Crippen LogP contribution < -0.4 is 0 Å². The summed E-state index contributed by atoms with van der Waals surface area (Å²) in [5.41, 5.74) is 3.32. The molecule has 1 aliphatic heterocycles. The zero-order valence-electron chi connectivity index (χ0n) is 22.8. The highest BCUT2D eigenvalue weighted by molar-refractivity contribution is 5.69. The van der Waals surface area contributed by atoms with Crippen LogP contribution in [0.15, 0.2) is 72.9 Å². The molecule has 2 aromatic carbocycles. The molecular formula is C32H37F3N2O2. The third kappa shape index (κ3) is 7.47. The molecule has 4 nitrogen and oxygen atoms in total. The second-order valence-corrected chi connectivity index (χ2v) is 10.9. The van der Waals surface area contributed by atoms with Crippen LogP contribution in [0, 0.1) is 11.8 Å². The van der Waals surface area contributed by atoms with E-state index in [1.165, 1.54) is 24.8 Å². The summed E-state index contributed by atoms with van der Waals surface area (Å²) < 4.78 is 44.8. The third-order valence-electron chi connectivity index (χ3n) is 7.73. The fourth-order valence-corrected chi connectivity index (χ4v) is 5.58. The Morgan fingerprint density at radius 2 is 1.74 bits per heavy atom. The van der Waals surface area contributed by atoms with Crippen molar-refractivity contribution < 1.29 is 22.7 Å². The second kappa shape index (κ2) is 12.8. The molecule has 208 valence electrons. The molecule has 39 heavy (non-hydrogen) atoms. The minimum atomic E-state index is -4.38. The highest BCUT2D eigenvalue weighted by Crippen LogP contribution is 2.43. The molecule has 1 aliphatic rings. The molecule has 0 bridgehead atoms. The number of halogens is 3. The number of piperidine rings is 1. The lowest BCUT2D eigenvalue weighted by Gasteiger charge is -2.44. The molecule has 1 aromatic heterocycles. The lowest BCUT2D eigenvalue weighted by atomic mass is 9.82. The van der Waals surface area contributed by atoms with E-state index in [0.29, 0.717) is 18.8 Å². The molecule has 0 unspecified atom stereocenters. The van der Waals surface area contributed by atoms with Crippen LogP contribution in [0.3, 0.4) is 0 Å². The molecule has 0 N–H and O–H groups in total. The highest BCUT2D eigenvalue weighted by atomic mass is 19.4. The molecule has 1 saturated heterocycles. The first-order valence-corrected chi connectivity index (χ1v) is 13.7. The van der Waals surface area contributed by atoms with Crippen molar-refractivity contribution in [3.63, 3.8) is 0 Å². The number of likely N-dealkylation sites (tertiary alicyclic amines) is 1. The number of rotatable bonds is 9. The van der Waals surface area contributed by atoms with Gasteiger partial charge in [-0.15, -0.1) is 0 Å². The average molecular weight is 539 g/mol. The van der Waals surface area contributed by atoms with Crippen molar-refractivity contribution in [2.75, 3.05) is 13.7 Å². The Kier molecular flexibility index (Phi) is 9.44. The minimum absolute atomic E-state index is 0.0940. The van der Waals surface area contributed by atoms with Crippen molar-refractivity contribution in [3.8, 4) is 11.3 Å². The summed E-state index contributed by atoms with van der Waals surface area (Å²) in [6, 6.07) is 19.9. The Morgan fingerprint density at radius 1 is 1.03 bits per heavy atom. The van der Waals surface area contributed by atoms with Gasteiger partial charge in [0.2, 0.25) is 0 Å². The molecule has 0 saturated carbocycles. The number of carbonyl (C=O) groups is 1. The lowest BCUT2D eigenvalue weighted by Crippen LogP contribution is -2.40. The van der Waals surface area contributed by atoms with E-state index in [1.54, 1.807) is 18.3 Å². The maximum atomic E-state index is 13.3. The van der Waals surface area contributed by atoms with Crippen LogP contribution in [0.1, 0.15) is 74.7 Å². The average Bonchev–Trinajstić information content (AvgIpc) is 2.94. The largest absolute Gasteiger partial charge is 0.469 e. The molecule has 1 fully saturated rings. The van der Waals surface area contributed by atoms with E-state index in [-0.39, 0.29) is 24.0 Å². The number of ether oxygens (including phenoxy) is 1. The van der Waals surface area contributed by atoms with Crippen LogP contribution in [-0.2, 0) is 15.7 Å². The van der Waals surface area contributed by atoms with Crippen molar-refractivity contribution in [1.29, 1.82) is 0 Å². The van der Waals surface area contributed by atoms with Gasteiger partial charge in [-0.3, -0.25) is 14.7 Å². The summed E-state index contributed by atoms with van der Waals surface area (Å²) in [4.78, 5) is 19.0. The molecular weight excluding hydrogens is 501 g/mol. The molecule has 4 rings (SSSR count). The molecule has 0 aliphatic carbocycles. The van der Waals surface area contributed by atoms with Gasteiger partial charge >= 0.3 is 12.1 Å². The van der Waals surface area contributed by atoms with Gasteiger partial charge in [0.1, 0.15) is 0 Å². The van der Waals surface area contributed by atoms with Crippen LogP contribution >= 0.6 is 0 Å². The van der Waals surface area contributed by atoms with Gasteiger partial charge in [0.25, 0.3) is 0 Å². The summed E-state index contributed by atoms with van der Waals surface area (Å²) in [6.45, 7) is 5.16. The molecule has 0 spiro atoms.